The fourth-order valence-corrected chi connectivity index (χ4v) is 0. The third kappa shape index (κ3) is 68.1. The minimum atomic E-state index is -0.981. The Kier molecular flexibility index (Phi) is 21.3. The summed E-state index contributed by atoms with van der Waals surface area (Å²) in [6.45, 7) is 6.18. The molecule has 0 aromatic rings. The van der Waals surface area contributed by atoms with Crippen molar-refractivity contribution in [1.29, 1.82) is 0 Å². The molecule has 0 atom stereocenters. The summed E-state index contributed by atoms with van der Waals surface area (Å²) >= 11 is 0. The van der Waals surface area contributed by atoms with Crippen molar-refractivity contribution >= 4 is 5.97 Å². The largest absolute Gasteiger partial charge is 1.00 e. The van der Waals surface area contributed by atoms with Crippen LogP contribution in [0.3, 0.4) is 0 Å². The molecule has 0 fully saturated rings. The predicted molar refractivity (Wildman–Crippen MR) is 33.0 cm³/mol. The minimum absolute atomic E-state index is 0. The van der Waals surface area contributed by atoms with Gasteiger partial charge in [-0.15, -0.1) is 6.10 Å². The van der Waals surface area contributed by atoms with Crippen molar-refractivity contribution in [3.05, 3.63) is 12.7 Å². The fraction of sp³-hybridized carbons (Fsp3) is 0.500. The normalized spacial score (nSPS) is 6.80. The zero-order valence-corrected chi connectivity index (χ0v) is 9.75. The van der Waals surface area contributed by atoms with Gasteiger partial charge < -0.3 is 10.2 Å². The first-order valence-electron chi connectivity index (χ1n) is 2.52. The molecular formula is C6H11KO3. The third-order valence-electron chi connectivity index (χ3n) is 0.175. The molecule has 0 heterocycles. The van der Waals surface area contributed by atoms with Gasteiger partial charge in [-0.25, -0.2) is 4.79 Å². The average molecular weight is 170 g/mol. The Morgan fingerprint density at radius 3 is 1.80 bits per heavy atom. The number of rotatable bonds is 1. The first-order valence-corrected chi connectivity index (χ1v) is 2.52. The molecule has 0 saturated carbocycles. The third-order valence-corrected chi connectivity index (χ3v) is 0.175. The fourth-order valence-electron chi connectivity index (χ4n) is 0. The van der Waals surface area contributed by atoms with Crippen LogP contribution < -0.4 is 56.5 Å². The molecule has 0 aromatic heterocycles. The van der Waals surface area contributed by atoms with E-state index in [2.05, 4.69) is 6.58 Å². The smallest absolute Gasteiger partial charge is 0.852 e. The number of carboxylic acid groups (broad SMARTS) is 1. The summed E-state index contributed by atoms with van der Waals surface area (Å²) in [4.78, 5) is 9.25. The summed E-state index contributed by atoms with van der Waals surface area (Å²) in [7, 11) is 0. The van der Waals surface area contributed by atoms with E-state index in [4.69, 9.17) is 5.11 Å². The van der Waals surface area contributed by atoms with Gasteiger partial charge >= 0.3 is 57.4 Å². The Balaban J connectivity index is -0.0000000910. The predicted octanol–water partition coefficient (Wildman–Crippen LogP) is -2.98. The van der Waals surface area contributed by atoms with E-state index in [1.54, 1.807) is 13.8 Å². The van der Waals surface area contributed by atoms with Gasteiger partial charge in [-0.3, -0.25) is 0 Å². The Labute approximate surface area is 104 Å². The van der Waals surface area contributed by atoms with E-state index >= 15 is 0 Å². The monoisotopic (exact) mass is 170 g/mol. The van der Waals surface area contributed by atoms with Crippen molar-refractivity contribution < 1.29 is 66.4 Å². The Morgan fingerprint density at radius 1 is 1.70 bits per heavy atom. The van der Waals surface area contributed by atoms with E-state index < -0.39 is 12.1 Å². The number of aliphatic carboxylic acids is 1. The topological polar surface area (TPSA) is 60.4 Å². The van der Waals surface area contributed by atoms with Crippen molar-refractivity contribution in [2.45, 2.75) is 20.0 Å². The maximum atomic E-state index is 9.53. The van der Waals surface area contributed by atoms with Gasteiger partial charge in [0.25, 0.3) is 0 Å². The van der Waals surface area contributed by atoms with Crippen LogP contribution >= 0.6 is 0 Å². The summed E-state index contributed by atoms with van der Waals surface area (Å²) in [5.41, 5.74) is 0. The molecule has 54 valence electrons. The molecule has 0 radical (unpaired) electrons. The Hall–Kier alpha value is 0.806. The molecule has 0 unspecified atom stereocenters. The minimum Gasteiger partial charge on any atom is -0.852 e. The van der Waals surface area contributed by atoms with E-state index in [0.717, 1.165) is 6.08 Å². The Morgan fingerprint density at radius 2 is 1.80 bits per heavy atom. The van der Waals surface area contributed by atoms with Crippen molar-refractivity contribution in [3.8, 4) is 0 Å². The van der Waals surface area contributed by atoms with Crippen LogP contribution in [0.25, 0.3) is 0 Å². The number of hydrogen-bond acceptors (Lipinski definition) is 2. The molecule has 0 rings (SSSR count). The molecule has 0 bridgehead atoms. The number of carboxylic acids is 1. The first kappa shape index (κ1) is 17.1. The van der Waals surface area contributed by atoms with Crippen molar-refractivity contribution in [2.75, 3.05) is 0 Å². The summed E-state index contributed by atoms with van der Waals surface area (Å²) in [6, 6.07) is 0. The first-order chi connectivity index (χ1) is 4.00. The van der Waals surface area contributed by atoms with E-state index in [9.17, 15) is 9.90 Å². The molecule has 0 aromatic carbocycles. The van der Waals surface area contributed by atoms with Crippen molar-refractivity contribution in [3.63, 3.8) is 0 Å². The van der Waals surface area contributed by atoms with Gasteiger partial charge in [0.2, 0.25) is 0 Å². The standard InChI is InChI=1S/C3H4O2.C3H7O.K/c1-2-3(4)5;1-3(2)4;/h2H,1H2,(H,4,5);3H,1-2H3;/q;-1;+1. The van der Waals surface area contributed by atoms with Gasteiger partial charge in [-0.2, -0.15) is 0 Å². The van der Waals surface area contributed by atoms with E-state index in [1.165, 1.54) is 0 Å². The second-order valence-corrected chi connectivity index (χ2v) is 1.59. The zero-order chi connectivity index (χ0) is 7.86. The van der Waals surface area contributed by atoms with Crippen LogP contribution in [0.5, 0.6) is 0 Å². The summed E-state index contributed by atoms with van der Waals surface area (Å²) in [5.74, 6) is -0.981. The van der Waals surface area contributed by atoms with Crippen molar-refractivity contribution in [2.24, 2.45) is 0 Å². The van der Waals surface area contributed by atoms with E-state index in [1.807, 2.05) is 0 Å². The molecule has 0 aliphatic carbocycles. The molecular weight excluding hydrogens is 159 g/mol. The van der Waals surface area contributed by atoms with Crippen LogP contribution in [0.4, 0.5) is 0 Å². The van der Waals surface area contributed by atoms with Gasteiger partial charge in [-0.1, -0.05) is 20.4 Å². The van der Waals surface area contributed by atoms with Gasteiger partial charge in [0.1, 0.15) is 0 Å². The summed E-state index contributed by atoms with van der Waals surface area (Å²) in [6.07, 6.45) is 0.417. The molecule has 10 heavy (non-hydrogen) atoms. The van der Waals surface area contributed by atoms with Crippen LogP contribution in [-0.4, -0.2) is 17.2 Å². The van der Waals surface area contributed by atoms with E-state index in [0.29, 0.717) is 0 Å². The second-order valence-electron chi connectivity index (χ2n) is 1.59. The molecule has 0 amide bonds. The number of carbonyl (C=O) groups is 1. The van der Waals surface area contributed by atoms with Crippen LogP contribution in [0.15, 0.2) is 12.7 Å². The number of hydrogen-bond donors (Lipinski definition) is 1. The van der Waals surface area contributed by atoms with Gasteiger partial charge in [0, 0.05) is 6.08 Å². The van der Waals surface area contributed by atoms with E-state index in [-0.39, 0.29) is 51.4 Å². The van der Waals surface area contributed by atoms with Crippen LogP contribution in [-0.2, 0) is 4.79 Å². The van der Waals surface area contributed by atoms with Gasteiger partial charge in [0.15, 0.2) is 0 Å². The van der Waals surface area contributed by atoms with Crippen LogP contribution in [0.1, 0.15) is 13.8 Å². The summed E-state index contributed by atoms with van der Waals surface area (Å²) in [5, 5.41) is 17.1. The van der Waals surface area contributed by atoms with Gasteiger partial charge in [0.05, 0.1) is 0 Å². The van der Waals surface area contributed by atoms with Crippen LogP contribution in [0.2, 0.25) is 0 Å². The maximum Gasteiger partial charge on any atom is 1.00 e. The molecule has 1 N–H and O–H groups in total. The second kappa shape index (κ2) is 12.5. The molecule has 0 aliphatic rings. The van der Waals surface area contributed by atoms with Gasteiger partial charge in [-0.05, 0) is 0 Å². The van der Waals surface area contributed by atoms with Crippen LogP contribution in [0, 0.1) is 0 Å². The SMILES string of the molecule is C=CC(=O)O.CC(C)[O-].[K+]. The molecule has 4 heteroatoms. The molecule has 0 aliphatic heterocycles. The zero-order valence-electron chi connectivity index (χ0n) is 6.63. The summed E-state index contributed by atoms with van der Waals surface area (Å²) < 4.78 is 0. The molecule has 0 saturated heterocycles. The quantitative estimate of drug-likeness (QED) is 0.337. The Bertz CT molecular complexity index is 88.2. The molecule has 0 spiro atoms. The maximum absolute atomic E-state index is 9.53. The molecule has 3 nitrogen and oxygen atoms in total. The van der Waals surface area contributed by atoms with Crippen molar-refractivity contribution in [1.82, 2.24) is 0 Å². The average Bonchev–Trinajstić information content (AvgIpc) is 1.65.